The van der Waals surface area contributed by atoms with Crippen molar-refractivity contribution in [3.8, 4) is 0 Å². The maximum Gasteiger partial charge on any atom is 0.279 e. The first-order valence-electron chi connectivity index (χ1n) is 5.70. The minimum absolute atomic E-state index is 0.142. The van der Waals surface area contributed by atoms with E-state index in [1.807, 2.05) is 20.8 Å². The minimum atomic E-state index is -3.24. The summed E-state index contributed by atoms with van der Waals surface area (Å²) < 4.78 is 28.1. The molecule has 15 heavy (non-hydrogen) atoms. The second kappa shape index (κ2) is 5.27. The van der Waals surface area contributed by atoms with Gasteiger partial charge in [0.2, 0.25) is 0 Å². The van der Waals surface area contributed by atoms with Crippen LogP contribution in [0, 0.1) is 5.92 Å². The van der Waals surface area contributed by atoms with Gasteiger partial charge in [-0.25, -0.2) is 4.72 Å². The van der Waals surface area contributed by atoms with Crippen LogP contribution < -0.4 is 4.72 Å². The Morgan fingerprint density at radius 2 is 2.07 bits per heavy atom. The number of nitrogens with zero attached hydrogens (tertiary/aromatic N) is 1. The van der Waals surface area contributed by atoms with E-state index in [-0.39, 0.29) is 6.04 Å². The van der Waals surface area contributed by atoms with E-state index in [1.54, 1.807) is 4.31 Å². The molecule has 1 aliphatic rings. The van der Waals surface area contributed by atoms with E-state index in [1.165, 1.54) is 0 Å². The van der Waals surface area contributed by atoms with Gasteiger partial charge in [-0.05, 0) is 25.7 Å². The third kappa shape index (κ3) is 3.74. The lowest BCUT2D eigenvalue weighted by atomic mass is 10.1. The highest BCUT2D eigenvalue weighted by Gasteiger charge is 2.28. The molecule has 4 nitrogen and oxygen atoms in total. The molecule has 1 fully saturated rings. The number of piperidine rings is 1. The van der Waals surface area contributed by atoms with Crippen LogP contribution in [0.5, 0.6) is 0 Å². The van der Waals surface area contributed by atoms with Crippen LogP contribution in [-0.4, -0.2) is 31.9 Å². The van der Waals surface area contributed by atoms with Gasteiger partial charge in [0.1, 0.15) is 0 Å². The van der Waals surface area contributed by atoms with E-state index in [4.69, 9.17) is 0 Å². The third-order valence-electron chi connectivity index (χ3n) is 2.72. The Morgan fingerprint density at radius 3 is 2.60 bits per heavy atom. The molecule has 0 saturated carbocycles. The molecule has 1 aliphatic heterocycles. The van der Waals surface area contributed by atoms with Crippen molar-refractivity contribution in [1.29, 1.82) is 0 Å². The van der Waals surface area contributed by atoms with E-state index in [9.17, 15) is 8.42 Å². The molecular formula is C10H22N2O2S. The maximum absolute atomic E-state index is 11.9. The fourth-order valence-electron chi connectivity index (χ4n) is 1.78. The largest absolute Gasteiger partial charge is 0.279 e. The second-order valence-corrected chi connectivity index (χ2v) is 6.41. The third-order valence-corrected chi connectivity index (χ3v) is 4.42. The van der Waals surface area contributed by atoms with Gasteiger partial charge in [0, 0.05) is 19.1 Å². The number of hydrogen-bond acceptors (Lipinski definition) is 2. The molecule has 0 radical (unpaired) electrons. The maximum atomic E-state index is 11.9. The van der Waals surface area contributed by atoms with Crippen LogP contribution in [0.25, 0.3) is 0 Å². The molecule has 0 aromatic heterocycles. The summed E-state index contributed by atoms with van der Waals surface area (Å²) in [6.45, 7) is 7.16. The zero-order chi connectivity index (χ0) is 11.5. The first-order chi connectivity index (χ1) is 6.93. The molecule has 0 aliphatic carbocycles. The Morgan fingerprint density at radius 1 is 1.40 bits per heavy atom. The van der Waals surface area contributed by atoms with E-state index >= 15 is 0 Å². The van der Waals surface area contributed by atoms with Gasteiger partial charge in [-0.3, -0.25) is 0 Å². The molecule has 1 heterocycles. The SMILES string of the molecule is CC(C)CNS(=O)(=O)N1CCCCC1C. The molecule has 0 amide bonds. The van der Waals surface area contributed by atoms with Crippen LogP contribution in [0.2, 0.25) is 0 Å². The summed E-state index contributed by atoms with van der Waals surface area (Å²) >= 11 is 0. The molecule has 0 spiro atoms. The first-order valence-corrected chi connectivity index (χ1v) is 7.14. The summed E-state index contributed by atoms with van der Waals surface area (Å²) in [7, 11) is -3.24. The van der Waals surface area contributed by atoms with Crippen molar-refractivity contribution in [3.05, 3.63) is 0 Å². The van der Waals surface area contributed by atoms with E-state index < -0.39 is 10.2 Å². The standard InChI is InChI=1S/C10H22N2O2S/c1-9(2)8-11-15(13,14)12-7-5-4-6-10(12)3/h9-11H,4-8H2,1-3H3. The number of nitrogens with one attached hydrogen (secondary N) is 1. The number of rotatable bonds is 4. The van der Waals surface area contributed by atoms with Crippen molar-refractivity contribution >= 4 is 10.2 Å². The molecule has 90 valence electrons. The molecule has 1 saturated heterocycles. The van der Waals surface area contributed by atoms with Gasteiger partial charge in [0.25, 0.3) is 10.2 Å². The van der Waals surface area contributed by atoms with Crippen molar-refractivity contribution < 1.29 is 8.42 Å². The van der Waals surface area contributed by atoms with E-state index in [0.717, 1.165) is 19.3 Å². The highest BCUT2D eigenvalue weighted by molar-refractivity contribution is 7.87. The van der Waals surface area contributed by atoms with Gasteiger partial charge < -0.3 is 0 Å². The van der Waals surface area contributed by atoms with Gasteiger partial charge in [-0.2, -0.15) is 12.7 Å². The van der Waals surface area contributed by atoms with Crippen LogP contribution in [0.1, 0.15) is 40.0 Å². The molecule has 0 aromatic carbocycles. The van der Waals surface area contributed by atoms with E-state index in [0.29, 0.717) is 19.0 Å². The lowest BCUT2D eigenvalue weighted by molar-refractivity contribution is 0.265. The Balaban J connectivity index is 2.59. The van der Waals surface area contributed by atoms with Crippen molar-refractivity contribution in [3.63, 3.8) is 0 Å². The first kappa shape index (κ1) is 12.9. The Kier molecular flexibility index (Phi) is 4.55. The van der Waals surface area contributed by atoms with Crippen LogP contribution in [0.3, 0.4) is 0 Å². The quantitative estimate of drug-likeness (QED) is 0.798. The summed E-state index contributed by atoms with van der Waals surface area (Å²) in [6, 6.07) is 0.142. The fraction of sp³-hybridized carbons (Fsp3) is 1.00. The molecule has 1 unspecified atom stereocenters. The predicted molar refractivity (Wildman–Crippen MR) is 61.8 cm³/mol. The van der Waals surface area contributed by atoms with E-state index in [2.05, 4.69) is 4.72 Å². The van der Waals surface area contributed by atoms with Crippen molar-refractivity contribution in [2.45, 2.75) is 46.1 Å². The van der Waals surface area contributed by atoms with Gasteiger partial charge in [-0.1, -0.05) is 20.3 Å². The molecular weight excluding hydrogens is 212 g/mol. The average Bonchev–Trinajstić information content (AvgIpc) is 2.15. The van der Waals surface area contributed by atoms with Crippen LogP contribution in [0.15, 0.2) is 0 Å². The normalized spacial score (nSPS) is 24.7. The highest BCUT2D eigenvalue weighted by atomic mass is 32.2. The zero-order valence-electron chi connectivity index (χ0n) is 9.86. The van der Waals surface area contributed by atoms with Crippen LogP contribution in [0.4, 0.5) is 0 Å². The fourth-order valence-corrected chi connectivity index (χ4v) is 3.44. The summed E-state index contributed by atoms with van der Waals surface area (Å²) in [5.41, 5.74) is 0. The number of hydrogen-bond donors (Lipinski definition) is 1. The molecule has 5 heteroatoms. The molecule has 1 N–H and O–H groups in total. The molecule has 0 bridgehead atoms. The summed E-state index contributed by atoms with van der Waals surface area (Å²) in [4.78, 5) is 0. The van der Waals surface area contributed by atoms with Crippen molar-refractivity contribution in [2.75, 3.05) is 13.1 Å². The topological polar surface area (TPSA) is 49.4 Å². The molecule has 0 aromatic rings. The zero-order valence-corrected chi connectivity index (χ0v) is 10.7. The van der Waals surface area contributed by atoms with Crippen molar-refractivity contribution in [1.82, 2.24) is 9.03 Å². The molecule has 1 atom stereocenters. The summed E-state index contributed by atoms with van der Waals surface area (Å²) in [5.74, 6) is 0.347. The Hall–Kier alpha value is -0.130. The second-order valence-electron chi connectivity index (χ2n) is 4.70. The van der Waals surface area contributed by atoms with Gasteiger partial charge in [0.15, 0.2) is 0 Å². The summed E-state index contributed by atoms with van der Waals surface area (Å²) in [5, 5.41) is 0. The lowest BCUT2D eigenvalue weighted by Gasteiger charge is -2.32. The Bertz CT molecular complexity index is 288. The van der Waals surface area contributed by atoms with Crippen molar-refractivity contribution in [2.24, 2.45) is 5.92 Å². The van der Waals surface area contributed by atoms with Gasteiger partial charge >= 0.3 is 0 Å². The van der Waals surface area contributed by atoms with Crippen LogP contribution >= 0.6 is 0 Å². The minimum Gasteiger partial charge on any atom is -0.202 e. The molecule has 1 rings (SSSR count). The summed E-state index contributed by atoms with van der Waals surface area (Å²) in [6.07, 6.45) is 3.09. The predicted octanol–water partition coefficient (Wildman–Crippen LogP) is 1.35. The lowest BCUT2D eigenvalue weighted by Crippen LogP contribution is -2.48. The van der Waals surface area contributed by atoms with Gasteiger partial charge in [0.05, 0.1) is 0 Å². The smallest absolute Gasteiger partial charge is 0.202 e. The van der Waals surface area contributed by atoms with Crippen LogP contribution in [-0.2, 0) is 10.2 Å². The average molecular weight is 234 g/mol. The monoisotopic (exact) mass is 234 g/mol. The Labute approximate surface area is 93.2 Å². The highest BCUT2D eigenvalue weighted by Crippen LogP contribution is 2.18. The van der Waals surface area contributed by atoms with Gasteiger partial charge in [-0.15, -0.1) is 0 Å².